The van der Waals surface area contributed by atoms with Crippen LogP contribution in [0.2, 0.25) is 0 Å². The fraction of sp³-hybridized carbons (Fsp3) is 0.462. The van der Waals surface area contributed by atoms with Crippen LogP contribution in [-0.2, 0) is 6.18 Å². The Kier molecular flexibility index (Phi) is 3.71. The van der Waals surface area contributed by atoms with E-state index in [0.29, 0.717) is 11.6 Å². The SMILES string of the molecule is CC1CCN(c2ccc(C(N)=S)c(C(F)(F)F)c2)C1. The minimum Gasteiger partial charge on any atom is -0.389 e. The van der Waals surface area contributed by atoms with Crippen LogP contribution in [-0.4, -0.2) is 18.1 Å². The molecule has 0 aromatic heterocycles. The Morgan fingerprint density at radius 1 is 1.42 bits per heavy atom. The second-order valence-corrected chi connectivity index (χ2v) is 5.37. The van der Waals surface area contributed by atoms with E-state index in [1.54, 1.807) is 6.07 Å². The Labute approximate surface area is 115 Å². The summed E-state index contributed by atoms with van der Waals surface area (Å²) in [5.74, 6) is 0.504. The molecule has 1 aliphatic rings. The minimum atomic E-state index is -4.44. The Morgan fingerprint density at radius 2 is 2.11 bits per heavy atom. The van der Waals surface area contributed by atoms with Gasteiger partial charge in [0, 0.05) is 24.3 Å². The van der Waals surface area contributed by atoms with Crippen molar-refractivity contribution in [2.45, 2.75) is 19.5 Å². The number of alkyl halides is 3. The summed E-state index contributed by atoms with van der Waals surface area (Å²) in [6.07, 6.45) is -3.45. The first-order valence-electron chi connectivity index (χ1n) is 6.05. The van der Waals surface area contributed by atoms with Gasteiger partial charge in [-0.25, -0.2) is 0 Å². The topological polar surface area (TPSA) is 29.3 Å². The quantitative estimate of drug-likeness (QED) is 0.848. The molecule has 2 nitrogen and oxygen atoms in total. The Hall–Kier alpha value is -1.30. The number of nitrogens with two attached hydrogens (primary N) is 1. The number of hydrogen-bond donors (Lipinski definition) is 1. The van der Waals surface area contributed by atoms with Crippen LogP contribution in [0.25, 0.3) is 0 Å². The highest BCUT2D eigenvalue weighted by molar-refractivity contribution is 7.80. The lowest BCUT2D eigenvalue weighted by Gasteiger charge is -2.21. The van der Waals surface area contributed by atoms with Gasteiger partial charge < -0.3 is 10.6 Å². The molecule has 0 spiro atoms. The standard InChI is InChI=1S/C13H15F3N2S/c1-8-4-5-18(7-8)9-2-3-10(12(17)19)11(6-9)13(14,15)16/h2-3,6,8H,4-5,7H2,1H3,(H2,17,19). The number of hydrogen-bond acceptors (Lipinski definition) is 2. The molecule has 19 heavy (non-hydrogen) atoms. The van der Waals surface area contributed by atoms with Gasteiger partial charge in [0.2, 0.25) is 0 Å². The number of benzene rings is 1. The van der Waals surface area contributed by atoms with Crippen LogP contribution in [0.4, 0.5) is 18.9 Å². The smallest absolute Gasteiger partial charge is 0.389 e. The summed E-state index contributed by atoms with van der Waals surface area (Å²) in [5.41, 5.74) is 5.07. The highest BCUT2D eigenvalue weighted by atomic mass is 32.1. The molecule has 1 aromatic carbocycles. The summed E-state index contributed by atoms with van der Waals surface area (Å²) in [5, 5.41) is 0. The summed E-state index contributed by atoms with van der Waals surface area (Å²) in [6, 6.07) is 4.16. The predicted octanol–water partition coefficient (Wildman–Crippen LogP) is 3.19. The van der Waals surface area contributed by atoms with Crippen LogP contribution >= 0.6 is 12.2 Å². The summed E-state index contributed by atoms with van der Waals surface area (Å²) >= 11 is 4.68. The van der Waals surface area contributed by atoms with E-state index in [1.807, 2.05) is 4.90 Å². The lowest BCUT2D eigenvalue weighted by molar-refractivity contribution is -0.137. The van der Waals surface area contributed by atoms with Crippen molar-refractivity contribution in [2.75, 3.05) is 18.0 Å². The van der Waals surface area contributed by atoms with Gasteiger partial charge in [0.25, 0.3) is 0 Å². The highest BCUT2D eigenvalue weighted by Gasteiger charge is 2.35. The first-order chi connectivity index (χ1) is 8.79. The van der Waals surface area contributed by atoms with E-state index in [0.717, 1.165) is 25.6 Å². The molecule has 0 amide bonds. The summed E-state index contributed by atoms with van der Waals surface area (Å²) in [4.78, 5) is 1.73. The van der Waals surface area contributed by atoms with Crippen molar-refractivity contribution in [1.29, 1.82) is 0 Å². The summed E-state index contributed by atoms with van der Waals surface area (Å²) in [6.45, 7) is 3.66. The second kappa shape index (κ2) is 5.00. The van der Waals surface area contributed by atoms with Gasteiger partial charge >= 0.3 is 6.18 Å². The fourth-order valence-corrected chi connectivity index (χ4v) is 2.53. The van der Waals surface area contributed by atoms with Crippen LogP contribution in [0.1, 0.15) is 24.5 Å². The Morgan fingerprint density at radius 3 is 2.58 bits per heavy atom. The van der Waals surface area contributed by atoms with Crippen LogP contribution in [0, 0.1) is 5.92 Å². The zero-order valence-electron chi connectivity index (χ0n) is 10.5. The maximum Gasteiger partial charge on any atom is 0.417 e. The van der Waals surface area contributed by atoms with Gasteiger partial charge in [-0.05, 0) is 30.5 Å². The van der Waals surface area contributed by atoms with Crippen molar-refractivity contribution in [1.82, 2.24) is 0 Å². The molecular formula is C13H15F3N2S. The highest BCUT2D eigenvalue weighted by Crippen LogP contribution is 2.35. The van der Waals surface area contributed by atoms with E-state index < -0.39 is 11.7 Å². The van der Waals surface area contributed by atoms with Crippen LogP contribution in [0.15, 0.2) is 18.2 Å². The molecule has 2 N–H and O–H groups in total. The molecule has 1 atom stereocenters. The van der Waals surface area contributed by atoms with Crippen molar-refractivity contribution < 1.29 is 13.2 Å². The van der Waals surface area contributed by atoms with E-state index in [1.165, 1.54) is 6.07 Å². The number of halogens is 3. The van der Waals surface area contributed by atoms with Crippen molar-refractivity contribution in [3.05, 3.63) is 29.3 Å². The maximum atomic E-state index is 13.0. The Bertz CT molecular complexity index is 499. The zero-order valence-corrected chi connectivity index (χ0v) is 11.3. The van der Waals surface area contributed by atoms with Gasteiger partial charge in [0.05, 0.1) is 5.56 Å². The van der Waals surface area contributed by atoms with E-state index in [2.05, 4.69) is 19.1 Å². The van der Waals surface area contributed by atoms with Gasteiger partial charge in [-0.3, -0.25) is 0 Å². The molecular weight excluding hydrogens is 273 g/mol. The average molecular weight is 288 g/mol. The molecule has 1 aliphatic heterocycles. The molecule has 1 fully saturated rings. The molecule has 1 aromatic rings. The number of nitrogens with zero attached hydrogens (tertiary/aromatic N) is 1. The normalized spacial score (nSPS) is 19.8. The molecule has 0 aliphatic carbocycles. The summed E-state index contributed by atoms with van der Waals surface area (Å²) in [7, 11) is 0. The molecule has 0 radical (unpaired) electrons. The second-order valence-electron chi connectivity index (χ2n) is 4.93. The van der Waals surface area contributed by atoms with Crippen molar-refractivity contribution in [2.24, 2.45) is 11.7 Å². The third-order valence-corrected chi connectivity index (χ3v) is 3.58. The summed E-state index contributed by atoms with van der Waals surface area (Å²) < 4.78 is 39.1. The molecule has 0 bridgehead atoms. The van der Waals surface area contributed by atoms with Crippen molar-refractivity contribution in [3.8, 4) is 0 Å². The van der Waals surface area contributed by atoms with E-state index in [-0.39, 0.29) is 10.6 Å². The third-order valence-electron chi connectivity index (χ3n) is 3.36. The zero-order chi connectivity index (χ0) is 14.2. The number of anilines is 1. The van der Waals surface area contributed by atoms with Crippen LogP contribution < -0.4 is 10.6 Å². The molecule has 6 heteroatoms. The molecule has 1 unspecified atom stereocenters. The molecule has 1 saturated heterocycles. The fourth-order valence-electron chi connectivity index (χ4n) is 2.35. The lowest BCUT2D eigenvalue weighted by Crippen LogP contribution is -2.22. The van der Waals surface area contributed by atoms with Gasteiger partial charge in [-0.2, -0.15) is 13.2 Å². The molecule has 1 heterocycles. The monoisotopic (exact) mass is 288 g/mol. The van der Waals surface area contributed by atoms with Crippen LogP contribution in [0.5, 0.6) is 0 Å². The minimum absolute atomic E-state index is 0.113. The third kappa shape index (κ3) is 3.00. The first kappa shape index (κ1) is 14.1. The van der Waals surface area contributed by atoms with E-state index >= 15 is 0 Å². The van der Waals surface area contributed by atoms with E-state index in [4.69, 9.17) is 5.73 Å². The van der Waals surface area contributed by atoms with Crippen molar-refractivity contribution >= 4 is 22.9 Å². The van der Waals surface area contributed by atoms with Gasteiger partial charge in [-0.15, -0.1) is 0 Å². The number of thiocarbonyl (C=S) groups is 1. The largest absolute Gasteiger partial charge is 0.417 e. The van der Waals surface area contributed by atoms with Crippen molar-refractivity contribution in [3.63, 3.8) is 0 Å². The van der Waals surface area contributed by atoms with Gasteiger partial charge in [0.1, 0.15) is 4.99 Å². The van der Waals surface area contributed by atoms with E-state index in [9.17, 15) is 13.2 Å². The first-order valence-corrected chi connectivity index (χ1v) is 6.46. The molecule has 0 saturated carbocycles. The lowest BCUT2D eigenvalue weighted by atomic mass is 10.1. The molecule has 2 rings (SSSR count). The maximum absolute atomic E-state index is 13.0. The molecule has 104 valence electrons. The average Bonchev–Trinajstić information content (AvgIpc) is 2.74. The van der Waals surface area contributed by atoms with Crippen LogP contribution in [0.3, 0.4) is 0 Å². The number of rotatable bonds is 2. The van der Waals surface area contributed by atoms with Gasteiger partial charge in [-0.1, -0.05) is 19.1 Å². The van der Waals surface area contributed by atoms with Gasteiger partial charge in [0.15, 0.2) is 0 Å². The Balaban J connectivity index is 2.41. The predicted molar refractivity (Wildman–Crippen MR) is 73.3 cm³/mol.